The molecule has 1 aromatic heterocycles. The summed E-state index contributed by atoms with van der Waals surface area (Å²) >= 11 is 1.84. The van der Waals surface area contributed by atoms with Gasteiger partial charge in [0, 0.05) is 5.25 Å². The van der Waals surface area contributed by atoms with Crippen molar-refractivity contribution in [3.05, 3.63) is 11.7 Å². The van der Waals surface area contributed by atoms with E-state index in [-0.39, 0.29) is 6.04 Å². The minimum atomic E-state index is -0.125. The van der Waals surface area contributed by atoms with E-state index in [4.69, 9.17) is 10.3 Å². The van der Waals surface area contributed by atoms with Crippen LogP contribution in [0.2, 0.25) is 0 Å². The molecule has 15 heavy (non-hydrogen) atoms. The molecule has 4 nitrogen and oxygen atoms in total. The normalized spacial score (nSPS) is 15.2. The van der Waals surface area contributed by atoms with E-state index in [1.165, 1.54) is 0 Å². The second kappa shape index (κ2) is 6.12. The van der Waals surface area contributed by atoms with E-state index in [1.807, 2.05) is 18.7 Å². The average molecular weight is 229 g/mol. The quantitative estimate of drug-likeness (QED) is 0.812. The van der Waals surface area contributed by atoms with Crippen molar-refractivity contribution in [3.63, 3.8) is 0 Å². The van der Waals surface area contributed by atoms with E-state index in [2.05, 4.69) is 24.0 Å². The van der Waals surface area contributed by atoms with Crippen LogP contribution in [0.1, 0.15) is 51.4 Å². The zero-order valence-corrected chi connectivity index (χ0v) is 10.4. The molecule has 0 aliphatic carbocycles. The van der Waals surface area contributed by atoms with E-state index in [0.717, 1.165) is 24.4 Å². The third-order valence-electron chi connectivity index (χ3n) is 2.31. The molecule has 86 valence electrons. The summed E-state index contributed by atoms with van der Waals surface area (Å²) in [7, 11) is 0. The number of hydrogen-bond donors (Lipinski definition) is 1. The predicted molar refractivity (Wildman–Crippen MR) is 62.6 cm³/mol. The molecular formula is C10H19N3OS. The molecule has 0 amide bonds. The summed E-state index contributed by atoms with van der Waals surface area (Å²) in [6.07, 6.45) is 1.98. The summed E-state index contributed by atoms with van der Waals surface area (Å²) in [5.74, 6) is 2.10. The molecule has 0 fully saturated rings. The lowest BCUT2D eigenvalue weighted by Gasteiger charge is -2.04. The van der Waals surface area contributed by atoms with Crippen molar-refractivity contribution in [1.29, 1.82) is 0 Å². The van der Waals surface area contributed by atoms with E-state index < -0.39 is 0 Å². The summed E-state index contributed by atoms with van der Waals surface area (Å²) in [6.45, 7) is 6.37. The van der Waals surface area contributed by atoms with Crippen molar-refractivity contribution in [1.82, 2.24) is 10.1 Å². The minimum Gasteiger partial charge on any atom is -0.338 e. The molecule has 1 aromatic rings. The Labute approximate surface area is 95.0 Å². The van der Waals surface area contributed by atoms with Crippen LogP contribution in [-0.4, -0.2) is 15.4 Å². The van der Waals surface area contributed by atoms with Gasteiger partial charge in [0.05, 0.1) is 11.8 Å². The summed E-state index contributed by atoms with van der Waals surface area (Å²) < 4.78 is 5.08. The molecular weight excluding hydrogens is 210 g/mol. The Morgan fingerprint density at radius 3 is 2.73 bits per heavy atom. The number of nitrogens with two attached hydrogens (primary N) is 1. The van der Waals surface area contributed by atoms with Crippen molar-refractivity contribution < 1.29 is 4.52 Å². The van der Waals surface area contributed by atoms with Crippen LogP contribution in [0.3, 0.4) is 0 Å². The first-order valence-electron chi connectivity index (χ1n) is 5.37. The number of thioether (sulfide) groups is 1. The third kappa shape index (κ3) is 3.83. The highest BCUT2D eigenvalue weighted by atomic mass is 32.2. The molecule has 0 saturated carbocycles. The molecule has 0 aliphatic heterocycles. The van der Waals surface area contributed by atoms with Crippen LogP contribution in [0.4, 0.5) is 0 Å². The van der Waals surface area contributed by atoms with Crippen LogP contribution in [0.25, 0.3) is 0 Å². The lowest BCUT2D eigenvalue weighted by Crippen LogP contribution is -2.08. The first-order chi connectivity index (χ1) is 7.17. The Morgan fingerprint density at radius 1 is 1.40 bits per heavy atom. The van der Waals surface area contributed by atoms with Gasteiger partial charge >= 0.3 is 0 Å². The maximum Gasteiger partial charge on any atom is 0.243 e. The maximum absolute atomic E-state index is 5.79. The Hall–Kier alpha value is -0.550. The van der Waals surface area contributed by atoms with E-state index in [0.29, 0.717) is 11.1 Å². The van der Waals surface area contributed by atoms with Crippen molar-refractivity contribution in [2.75, 3.05) is 0 Å². The van der Waals surface area contributed by atoms with Gasteiger partial charge in [-0.05, 0) is 12.8 Å². The van der Waals surface area contributed by atoms with Crippen LogP contribution in [0.5, 0.6) is 0 Å². The molecule has 1 rings (SSSR count). The van der Waals surface area contributed by atoms with Gasteiger partial charge in [-0.3, -0.25) is 0 Å². The zero-order chi connectivity index (χ0) is 11.3. The van der Waals surface area contributed by atoms with Crippen molar-refractivity contribution in [3.8, 4) is 0 Å². The van der Waals surface area contributed by atoms with Crippen LogP contribution in [-0.2, 0) is 5.75 Å². The predicted octanol–water partition coefficient (Wildman–Crippen LogP) is 2.51. The van der Waals surface area contributed by atoms with Gasteiger partial charge in [0.1, 0.15) is 0 Å². The molecule has 5 heteroatoms. The fraction of sp³-hybridized carbons (Fsp3) is 0.800. The van der Waals surface area contributed by atoms with Gasteiger partial charge in [-0.1, -0.05) is 25.9 Å². The van der Waals surface area contributed by atoms with Gasteiger partial charge in [0.25, 0.3) is 0 Å². The van der Waals surface area contributed by atoms with Crippen molar-refractivity contribution in [2.24, 2.45) is 5.73 Å². The lowest BCUT2D eigenvalue weighted by molar-refractivity contribution is 0.349. The highest BCUT2D eigenvalue weighted by Gasteiger charge is 2.13. The van der Waals surface area contributed by atoms with Crippen molar-refractivity contribution >= 4 is 11.8 Å². The fourth-order valence-corrected chi connectivity index (χ4v) is 1.77. The van der Waals surface area contributed by atoms with Crippen LogP contribution in [0, 0.1) is 0 Å². The minimum absolute atomic E-state index is 0.125. The van der Waals surface area contributed by atoms with Gasteiger partial charge in [-0.25, -0.2) is 0 Å². The first kappa shape index (κ1) is 12.5. The van der Waals surface area contributed by atoms with Gasteiger partial charge in [0.2, 0.25) is 5.89 Å². The van der Waals surface area contributed by atoms with E-state index in [9.17, 15) is 0 Å². The molecule has 0 radical (unpaired) electrons. The topological polar surface area (TPSA) is 64.9 Å². The molecule has 2 N–H and O–H groups in total. The number of rotatable bonds is 6. The summed E-state index contributed by atoms with van der Waals surface area (Å²) in [6, 6.07) is -0.125. The zero-order valence-electron chi connectivity index (χ0n) is 9.56. The summed E-state index contributed by atoms with van der Waals surface area (Å²) in [4.78, 5) is 4.26. The number of nitrogens with zero attached hydrogens (tertiary/aromatic N) is 2. The second-order valence-corrected chi connectivity index (χ2v) is 5.02. The Bertz CT molecular complexity index is 290. The van der Waals surface area contributed by atoms with Gasteiger partial charge < -0.3 is 10.3 Å². The molecule has 2 unspecified atom stereocenters. The van der Waals surface area contributed by atoms with Gasteiger partial charge in [-0.2, -0.15) is 16.7 Å². The van der Waals surface area contributed by atoms with Crippen LogP contribution >= 0.6 is 11.8 Å². The molecule has 0 spiro atoms. The second-order valence-electron chi connectivity index (χ2n) is 3.59. The fourth-order valence-electron chi connectivity index (χ4n) is 0.986. The lowest BCUT2D eigenvalue weighted by atomic mass is 10.2. The molecule has 0 saturated heterocycles. The van der Waals surface area contributed by atoms with Gasteiger partial charge in [-0.15, -0.1) is 0 Å². The summed E-state index contributed by atoms with van der Waals surface area (Å²) in [5.41, 5.74) is 5.79. The standard InChI is InChI=1S/C10H19N3OS/c1-4-7(3)15-6-9-12-10(14-13-9)8(11)5-2/h7-8H,4-6,11H2,1-3H3. The first-order valence-corrected chi connectivity index (χ1v) is 6.41. The maximum atomic E-state index is 5.79. The Balaban J connectivity index is 2.46. The van der Waals surface area contributed by atoms with Crippen molar-refractivity contribution in [2.45, 2.75) is 50.7 Å². The molecule has 0 aliphatic rings. The monoisotopic (exact) mass is 229 g/mol. The van der Waals surface area contributed by atoms with Crippen LogP contribution < -0.4 is 5.73 Å². The van der Waals surface area contributed by atoms with E-state index in [1.54, 1.807) is 0 Å². The molecule has 2 atom stereocenters. The number of aromatic nitrogens is 2. The Kier molecular flexibility index (Phi) is 5.11. The third-order valence-corrected chi connectivity index (χ3v) is 3.64. The average Bonchev–Trinajstić information content (AvgIpc) is 2.73. The SMILES string of the molecule is CCC(C)SCc1noc(C(N)CC)n1. The van der Waals surface area contributed by atoms with Crippen LogP contribution in [0.15, 0.2) is 4.52 Å². The highest BCUT2D eigenvalue weighted by molar-refractivity contribution is 7.99. The molecule has 0 bridgehead atoms. The summed E-state index contributed by atoms with van der Waals surface area (Å²) in [5, 5.41) is 4.54. The molecule has 0 aromatic carbocycles. The van der Waals surface area contributed by atoms with E-state index >= 15 is 0 Å². The smallest absolute Gasteiger partial charge is 0.243 e. The highest BCUT2D eigenvalue weighted by Crippen LogP contribution is 2.19. The largest absolute Gasteiger partial charge is 0.338 e. The molecule has 1 heterocycles. The number of hydrogen-bond acceptors (Lipinski definition) is 5. The Morgan fingerprint density at radius 2 is 2.13 bits per heavy atom. The van der Waals surface area contributed by atoms with Gasteiger partial charge in [0.15, 0.2) is 5.82 Å².